The molecule has 3 aromatic rings. The fourth-order valence-electron chi connectivity index (χ4n) is 4.11. The number of nitrogens with zero attached hydrogens (tertiary/aromatic N) is 4. The molecule has 0 radical (unpaired) electrons. The molecule has 142 valence electrons. The number of amides is 2. The van der Waals surface area contributed by atoms with Crippen molar-refractivity contribution < 1.29 is 9.53 Å². The molecule has 0 saturated carbocycles. The quantitative estimate of drug-likeness (QED) is 0.675. The van der Waals surface area contributed by atoms with Gasteiger partial charge in [0.25, 0.3) is 0 Å². The normalized spacial score (nSPS) is 15.3. The van der Waals surface area contributed by atoms with Crippen molar-refractivity contribution in [2.24, 2.45) is 0 Å². The minimum atomic E-state index is 0.0703. The number of imidazole rings is 1. The maximum absolute atomic E-state index is 13.2. The zero-order valence-corrected chi connectivity index (χ0v) is 15.8. The molecule has 2 aliphatic rings. The topological polar surface area (TPSA) is 50.6 Å². The Balaban J connectivity index is 1.61. The second-order valence-corrected chi connectivity index (χ2v) is 7.19. The summed E-state index contributed by atoms with van der Waals surface area (Å²) >= 11 is 0. The summed E-state index contributed by atoms with van der Waals surface area (Å²) in [6.45, 7) is 2.11. The van der Waals surface area contributed by atoms with Crippen LogP contribution in [0.5, 0.6) is 5.75 Å². The highest BCUT2D eigenvalue weighted by Gasteiger charge is 2.32. The largest absolute Gasteiger partial charge is 0.497 e. The van der Waals surface area contributed by atoms with E-state index in [1.54, 1.807) is 7.11 Å². The average Bonchev–Trinajstić information content (AvgIpc) is 3.43. The molecule has 2 aromatic carbocycles. The number of aromatic nitrogens is 2. The van der Waals surface area contributed by atoms with E-state index in [2.05, 4.69) is 15.6 Å². The van der Waals surface area contributed by atoms with E-state index in [1.807, 2.05) is 58.5 Å². The standard InChI is InChI=1S/C22H22N4O2/c1-28-17-8-6-7-16(13-17)21-23-14-20-18-9-2-3-10-19(18)26(15-25(20)21)22(27)24-11-4-5-12-24/h2-3,6-10,13-14H,4-5,11-12,15H2,1H3. The van der Waals surface area contributed by atoms with Crippen LogP contribution in [-0.2, 0) is 6.67 Å². The van der Waals surface area contributed by atoms with Gasteiger partial charge in [0, 0.05) is 24.2 Å². The van der Waals surface area contributed by atoms with Gasteiger partial charge in [0.05, 0.1) is 24.7 Å². The van der Waals surface area contributed by atoms with Crippen molar-refractivity contribution in [1.82, 2.24) is 14.5 Å². The van der Waals surface area contributed by atoms with E-state index < -0.39 is 0 Å². The van der Waals surface area contributed by atoms with E-state index in [-0.39, 0.29) is 6.03 Å². The molecule has 6 nitrogen and oxygen atoms in total. The Hall–Kier alpha value is -3.28. The zero-order chi connectivity index (χ0) is 19.1. The molecule has 0 aliphatic carbocycles. The van der Waals surface area contributed by atoms with Crippen molar-refractivity contribution in [3.05, 3.63) is 54.7 Å². The van der Waals surface area contributed by atoms with Crippen molar-refractivity contribution in [1.29, 1.82) is 0 Å². The maximum Gasteiger partial charge on any atom is 0.326 e. The van der Waals surface area contributed by atoms with E-state index in [4.69, 9.17) is 4.74 Å². The Morgan fingerprint density at radius 2 is 1.89 bits per heavy atom. The molecule has 2 amide bonds. The fourth-order valence-corrected chi connectivity index (χ4v) is 4.11. The summed E-state index contributed by atoms with van der Waals surface area (Å²) in [7, 11) is 1.66. The number of hydrogen-bond donors (Lipinski definition) is 0. The van der Waals surface area contributed by atoms with Gasteiger partial charge in [-0.2, -0.15) is 0 Å². The molecule has 0 bridgehead atoms. The predicted octanol–water partition coefficient (Wildman–Crippen LogP) is 4.22. The third-order valence-electron chi connectivity index (χ3n) is 5.54. The monoisotopic (exact) mass is 374 g/mol. The Labute approximate surface area is 164 Å². The fraction of sp³-hybridized carbons (Fsp3) is 0.273. The van der Waals surface area contributed by atoms with Crippen LogP contribution in [0.2, 0.25) is 0 Å². The van der Waals surface area contributed by atoms with Gasteiger partial charge in [0.2, 0.25) is 0 Å². The van der Waals surface area contributed by atoms with Crippen LogP contribution in [0.1, 0.15) is 12.8 Å². The highest BCUT2D eigenvalue weighted by atomic mass is 16.5. The molecule has 1 saturated heterocycles. The molecular weight excluding hydrogens is 352 g/mol. The minimum Gasteiger partial charge on any atom is -0.497 e. The Bertz CT molecular complexity index is 1040. The Morgan fingerprint density at radius 1 is 1.07 bits per heavy atom. The highest BCUT2D eigenvalue weighted by Crippen LogP contribution is 2.39. The third kappa shape index (κ3) is 2.64. The number of urea groups is 1. The number of carbonyl (C=O) groups excluding carboxylic acids is 1. The maximum atomic E-state index is 13.2. The number of ether oxygens (including phenoxy) is 1. The van der Waals surface area contributed by atoms with Crippen molar-refractivity contribution in [3.63, 3.8) is 0 Å². The lowest BCUT2D eigenvalue weighted by Gasteiger charge is -2.34. The third-order valence-corrected chi connectivity index (χ3v) is 5.54. The van der Waals surface area contributed by atoms with Gasteiger partial charge in [-0.05, 0) is 31.0 Å². The van der Waals surface area contributed by atoms with Gasteiger partial charge in [-0.1, -0.05) is 30.3 Å². The number of para-hydroxylation sites is 1. The first-order valence-electron chi connectivity index (χ1n) is 9.62. The lowest BCUT2D eigenvalue weighted by atomic mass is 10.1. The van der Waals surface area contributed by atoms with Crippen LogP contribution < -0.4 is 9.64 Å². The van der Waals surface area contributed by atoms with Gasteiger partial charge >= 0.3 is 6.03 Å². The minimum absolute atomic E-state index is 0.0703. The smallest absolute Gasteiger partial charge is 0.326 e. The van der Waals surface area contributed by atoms with Gasteiger partial charge in [0.15, 0.2) is 0 Å². The van der Waals surface area contributed by atoms with Crippen LogP contribution in [0, 0.1) is 0 Å². The predicted molar refractivity (Wildman–Crippen MR) is 108 cm³/mol. The summed E-state index contributed by atoms with van der Waals surface area (Å²) < 4.78 is 7.49. The number of benzene rings is 2. The van der Waals surface area contributed by atoms with Gasteiger partial charge in [-0.25, -0.2) is 9.78 Å². The van der Waals surface area contributed by atoms with E-state index in [1.165, 1.54) is 0 Å². The molecule has 1 fully saturated rings. The summed E-state index contributed by atoms with van der Waals surface area (Å²) in [5.41, 5.74) is 3.98. The first-order valence-corrected chi connectivity index (χ1v) is 9.62. The van der Waals surface area contributed by atoms with Crippen LogP contribution in [0.15, 0.2) is 54.7 Å². The number of likely N-dealkylation sites (tertiary alicyclic amines) is 1. The summed E-state index contributed by atoms with van der Waals surface area (Å²) in [5.74, 6) is 1.62. The molecule has 2 aliphatic heterocycles. The lowest BCUT2D eigenvalue weighted by Crippen LogP contribution is -2.44. The van der Waals surface area contributed by atoms with Crippen LogP contribution in [0.25, 0.3) is 22.6 Å². The van der Waals surface area contributed by atoms with Crippen LogP contribution in [-0.4, -0.2) is 40.7 Å². The number of fused-ring (bicyclic) bond motifs is 3. The van der Waals surface area contributed by atoms with Crippen LogP contribution >= 0.6 is 0 Å². The first kappa shape index (κ1) is 16.9. The molecule has 0 N–H and O–H groups in total. The second kappa shape index (κ2) is 6.71. The highest BCUT2D eigenvalue weighted by molar-refractivity contribution is 5.97. The van der Waals surface area contributed by atoms with E-state index in [0.29, 0.717) is 6.67 Å². The summed E-state index contributed by atoms with van der Waals surface area (Å²) in [6.07, 6.45) is 4.05. The summed E-state index contributed by atoms with van der Waals surface area (Å²) in [6, 6.07) is 16.0. The number of anilines is 1. The average molecular weight is 374 g/mol. The molecule has 3 heterocycles. The van der Waals surface area contributed by atoms with Gasteiger partial charge in [-0.15, -0.1) is 0 Å². The molecule has 28 heavy (non-hydrogen) atoms. The molecule has 0 spiro atoms. The molecule has 6 heteroatoms. The van der Waals surface area contributed by atoms with E-state index >= 15 is 0 Å². The number of methoxy groups -OCH3 is 1. The van der Waals surface area contributed by atoms with Gasteiger partial charge in [0.1, 0.15) is 18.2 Å². The van der Waals surface area contributed by atoms with Crippen molar-refractivity contribution in [2.45, 2.75) is 19.5 Å². The molecule has 1 aromatic heterocycles. The number of rotatable bonds is 2. The summed E-state index contributed by atoms with van der Waals surface area (Å²) in [5, 5.41) is 0. The van der Waals surface area contributed by atoms with Crippen LogP contribution in [0.3, 0.4) is 0 Å². The molecular formula is C22H22N4O2. The van der Waals surface area contributed by atoms with E-state index in [9.17, 15) is 4.79 Å². The van der Waals surface area contributed by atoms with E-state index in [0.717, 1.165) is 60.0 Å². The first-order chi connectivity index (χ1) is 13.8. The lowest BCUT2D eigenvalue weighted by molar-refractivity contribution is 0.213. The second-order valence-electron chi connectivity index (χ2n) is 7.19. The Kier molecular flexibility index (Phi) is 4.04. The van der Waals surface area contributed by atoms with Crippen molar-refractivity contribution >= 4 is 11.7 Å². The van der Waals surface area contributed by atoms with Crippen LogP contribution in [0.4, 0.5) is 10.5 Å². The Morgan fingerprint density at radius 3 is 2.71 bits per heavy atom. The molecule has 0 atom stereocenters. The number of carbonyl (C=O) groups is 1. The SMILES string of the molecule is COc1cccc(-c2ncc3n2CN(C(=O)N2CCCC2)c2ccccc2-3)c1. The number of hydrogen-bond acceptors (Lipinski definition) is 3. The van der Waals surface area contributed by atoms with Crippen molar-refractivity contribution in [2.75, 3.05) is 25.1 Å². The van der Waals surface area contributed by atoms with Gasteiger partial charge in [-0.3, -0.25) is 4.90 Å². The summed E-state index contributed by atoms with van der Waals surface area (Å²) in [4.78, 5) is 21.8. The molecule has 5 rings (SSSR count). The molecule has 0 unspecified atom stereocenters. The zero-order valence-electron chi connectivity index (χ0n) is 15.8. The van der Waals surface area contributed by atoms with Crippen molar-refractivity contribution in [3.8, 4) is 28.4 Å². The van der Waals surface area contributed by atoms with Gasteiger partial charge < -0.3 is 14.2 Å².